The molecule has 0 amide bonds. The first-order chi connectivity index (χ1) is 38.5. The molecule has 0 bridgehead atoms. The van der Waals surface area contributed by atoms with Gasteiger partial charge in [-0.25, -0.2) is 0 Å². The fraction of sp³-hybridized carbons (Fsp3) is 0.208. The van der Waals surface area contributed by atoms with E-state index in [4.69, 9.17) is 14.4 Å². The van der Waals surface area contributed by atoms with Gasteiger partial charge in [-0.3, -0.25) is 4.98 Å². The molecule has 3 aromatic heterocycles. The van der Waals surface area contributed by atoms with Crippen LogP contribution in [-0.2, 0) is 20.1 Å². The van der Waals surface area contributed by atoms with E-state index < -0.39 is 13.3 Å². The molecule has 0 aliphatic carbocycles. The third kappa shape index (κ3) is 10.9. The fourth-order valence-corrected chi connectivity index (χ4v) is 13.6. The summed E-state index contributed by atoms with van der Waals surface area (Å²) in [6, 6.07) is 68.9. The number of aromatic nitrogens is 4. The van der Waals surface area contributed by atoms with Crippen molar-refractivity contribution in [3.63, 3.8) is 0 Å². The third-order valence-electron chi connectivity index (χ3n) is 15.4. The van der Waals surface area contributed by atoms with E-state index in [0.717, 1.165) is 61.3 Å². The van der Waals surface area contributed by atoms with Crippen molar-refractivity contribution in [3.05, 3.63) is 222 Å². The topological polar surface area (TPSA) is 72.6 Å². The standard InChI is InChI=1S/C44H34N3O.C28H32FGeN2.Ir/c1-27(2)37-24-33(32-20-18-31(19-21-32)30-11-6-5-7-12-30)25-38(28(3)4)42(37)47-40-16-9-8-15-39(40)46-44(47)36-14-10-13-35-34-22-17-29(26-45)23-41(34)48-43(35)36;1-18(2)23-9-8-10-24(19(3)4)27(23)32-26-17-22(30(5,6)7)15-16-25(26)31-28(32)20-11-13-21(29)14-12-20;/h5-13,15-25,27-28H,1-4H3;8-11,13-19H,1-7H3;/q2*-1;. The second-order valence-electron chi connectivity index (χ2n) is 23.3. The van der Waals surface area contributed by atoms with Crippen LogP contribution in [0.5, 0.6) is 0 Å². The molecule has 12 rings (SSSR count). The van der Waals surface area contributed by atoms with Gasteiger partial charge in [0.25, 0.3) is 0 Å². The van der Waals surface area contributed by atoms with Gasteiger partial charge in [-0.15, -0.1) is 18.2 Å². The van der Waals surface area contributed by atoms with Gasteiger partial charge in [0.1, 0.15) is 5.58 Å². The van der Waals surface area contributed by atoms with Gasteiger partial charge in [0.2, 0.25) is 0 Å². The molecule has 9 aromatic carbocycles. The maximum Gasteiger partial charge on any atom is 0 e. The molecular weight excluding hydrogens is 1230 g/mol. The van der Waals surface area contributed by atoms with Crippen LogP contribution in [0.4, 0.5) is 4.39 Å². The first-order valence-electron chi connectivity index (χ1n) is 27.9. The Morgan fingerprint density at radius 1 is 0.531 bits per heavy atom. The van der Waals surface area contributed by atoms with Crippen LogP contribution in [0, 0.1) is 29.3 Å². The van der Waals surface area contributed by atoms with E-state index in [1.165, 1.54) is 66.7 Å². The summed E-state index contributed by atoms with van der Waals surface area (Å²) in [7, 11) is 0. The van der Waals surface area contributed by atoms with Crippen LogP contribution in [0.25, 0.3) is 100 Å². The minimum atomic E-state index is -2.06. The monoisotopic (exact) mass is 1300 g/mol. The largest absolute Gasteiger partial charge is 0 e. The number of furan rings is 1. The molecule has 0 unspecified atom stereocenters. The second-order valence-corrected chi connectivity index (χ2v) is 33.9. The molecule has 0 saturated carbocycles. The average Bonchev–Trinajstić information content (AvgIpc) is 3.36. The predicted molar refractivity (Wildman–Crippen MR) is 333 cm³/mol. The zero-order valence-electron chi connectivity index (χ0n) is 47.9. The zero-order valence-corrected chi connectivity index (χ0v) is 52.4. The molecule has 0 fully saturated rings. The van der Waals surface area contributed by atoms with E-state index in [-0.39, 0.29) is 37.8 Å². The third-order valence-corrected chi connectivity index (χ3v) is 19.7. The number of nitriles is 1. The SMILES string of the molecule is CC(C)c1cc(-c2ccc(-c3ccccc3)cc2)cc(C(C)C)c1-n1c(-c2[c-]ccc3c2oc2cc(C#N)ccc23)nc2ccccc21.CC(C)c1cccc(C(C)C)c1-n1c(-c2[c-]cc(F)cc2)nc2cc[c]([Ge]([CH3])([CH3])[CH3])cc21.[Ir]. The van der Waals surface area contributed by atoms with Crippen molar-refractivity contribution < 1.29 is 28.9 Å². The normalized spacial score (nSPS) is 11.8. The summed E-state index contributed by atoms with van der Waals surface area (Å²) in [6.45, 7) is 18.0. The first-order valence-corrected chi connectivity index (χ1v) is 35.3. The van der Waals surface area contributed by atoms with Gasteiger partial charge >= 0.3 is 194 Å². The van der Waals surface area contributed by atoms with Gasteiger partial charge < -0.3 is 8.98 Å². The summed E-state index contributed by atoms with van der Waals surface area (Å²) in [5.41, 5.74) is 19.8. The van der Waals surface area contributed by atoms with Crippen molar-refractivity contribution in [1.29, 1.82) is 5.26 Å². The number of hydrogen-bond donors (Lipinski definition) is 0. The molecule has 1 radical (unpaired) electrons. The number of hydrogen-bond acceptors (Lipinski definition) is 4. The number of benzene rings is 9. The van der Waals surface area contributed by atoms with E-state index >= 15 is 0 Å². The predicted octanol–water partition coefficient (Wildman–Crippen LogP) is 19.3. The van der Waals surface area contributed by atoms with Crippen LogP contribution in [0.3, 0.4) is 0 Å². The average molecular weight is 1300 g/mol. The summed E-state index contributed by atoms with van der Waals surface area (Å²) < 4.78 is 26.3. The molecule has 407 valence electrons. The van der Waals surface area contributed by atoms with Crippen molar-refractivity contribution >= 4 is 61.7 Å². The van der Waals surface area contributed by atoms with Crippen LogP contribution in [0.1, 0.15) is 107 Å². The molecule has 3 heterocycles. The summed E-state index contributed by atoms with van der Waals surface area (Å²) in [5.74, 6) is 9.75. The number of halogens is 1. The number of nitrogens with zero attached hydrogens (tertiary/aromatic N) is 5. The van der Waals surface area contributed by atoms with Crippen molar-refractivity contribution in [2.45, 2.75) is 96.3 Å². The van der Waals surface area contributed by atoms with Crippen LogP contribution >= 0.6 is 0 Å². The fourth-order valence-electron chi connectivity index (χ4n) is 11.1. The van der Waals surface area contributed by atoms with Crippen molar-refractivity contribution in [1.82, 2.24) is 19.1 Å². The maximum atomic E-state index is 13.7. The Morgan fingerprint density at radius 2 is 1.11 bits per heavy atom. The smallest absolute Gasteiger partial charge is 0 e. The summed E-state index contributed by atoms with van der Waals surface area (Å²) in [5, 5.41) is 11.5. The summed E-state index contributed by atoms with van der Waals surface area (Å²) in [4.78, 5) is 10.3. The van der Waals surface area contributed by atoms with Crippen molar-refractivity contribution in [3.8, 4) is 62.5 Å². The van der Waals surface area contributed by atoms with E-state index in [0.29, 0.717) is 28.6 Å². The number of rotatable bonds is 11. The summed E-state index contributed by atoms with van der Waals surface area (Å²) >= 11 is -2.06. The van der Waals surface area contributed by atoms with Crippen molar-refractivity contribution in [2.24, 2.45) is 0 Å². The second kappa shape index (κ2) is 23.1. The van der Waals surface area contributed by atoms with Gasteiger partial charge in [0.05, 0.1) is 34.1 Å². The quantitative estimate of drug-likeness (QED) is 0.0955. The van der Waals surface area contributed by atoms with E-state index in [1.54, 1.807) is 12.1 Å². The first kappa shape index (κ1) is 56.6. The molecule has 12 aromatic rings. The van der Waals surface area contributed by atoms with E-state index in [2.05, 4.69) is 221 Å². The summed E-state index contributed by atoms with van der Waals surface area (Å²) in [6.07, 6.45) is 0. The van der Waals surface area contributed by atoms with Crippen LogP contribution in [-0.4, -0.2) is 32.4 Å². The van der Waals surface area contributed by atoms with Crippen molar-refractivity contribution in [2.75, 3.05) is 0 Å². The molecule has 0 spiro atoms. The van der Waals surface area contributed by atoms with Gasteiger partial charge in [0, 0.05) is 31.2 Å². The Labute approximate surface area is 492 Å². The van der Waals surface area contributed by atoms with E-state index in [9.17, 15) is 9.65 Å². The maximum absolute atomic E-state index is 13.7. The van der Waals surface area contributed by atoms with Crippen LogP contribution in [0.2, 0.25) is 17.3 Å². The van der Waals surface area contributed by atoms with Gasteiger partial charge in [-0.05, 0) is 81.6 Å². The molecule has 9 heteroatoms. The van der Waals surface area contributed by atoms with Gasteiger partial charge in [0.15, 0.2) is 0 Å². The Morgan fingerprint density at radius 3 is 1.73 bits per heavy atom. The molecule has 6 nitrogen and oxygen atoms in total. The Bertz CT molecular complexity index is 4250. The number of fused-ring (bicyclic) bond motifs is 5. The molecule has 0 N–H and O–H groups in total. The van der Waals surface area contributed by atoms with Gasteiger partial charge in [-0.1, -0.05) is 111 Å². The zero-order chi connectivity index (χ0) is 56.1. The molecular formula is C72H66FGeIrN5O-2. The van der Waals surface area contributed by atoms with Gasteiger partial charge in [-0.2, -0.15) is 5.26 Å². The molecule has 0 saturated heterocycles. The minimum absolute atomic E-state index is 0. The Kier molecular flexibility index (Phi) is 16.1. The Balaban J connectivity index is 0.000000195. The minimum Gasteiger partial charge on any atom is 0 e. The molecule has 0 aliphatic rings. The van der Waals surface area contributed by atoms with Crippen LogP contribution in [0.15, 0.2) is 180 Å². The molecule has 81 heavy (non-hydrogen) atoms. The molecule has 0 aliphatic heterocycles. The number of imidazole rings is 2. The molecule has 0 atom stereocenters. The number of para-hydroxylation sites is 3. The van der Waals surface area contributed by atoms with E-state index in [1.807, 2.05) is 30.3 Å². The van der Waals surface area contributed by atoms with Crippen LogP contribution < -0.4 is 4.40 Å². The Hall–Kier alpha value is -7.67.